The maximum atomic E-state index is 11.2. The molecular weight excluding hydrogens is 214 g/mol. The van der Waals surface area contributed by atoms with E-state index in [4.69, 9.17) is 0 Å². The molecule has 15 heavy (non-hydrogen) atoms. The predicted octanol–water partition coefficient (Wildman–Crippen LogP) is 0.683. The molecule has 0 spiro atoms. The monoisotopic (exact) mass is 223 g/mol. The van der Waals surface area contributed by atoms with Crippen LogP contribution in [0.15, 0.2) is 29.4 Å². The first kappa shape index (κ1) is 9.97. The van der Waals surface area contributed by atoms with E-state index in [0.29, 0.717) is 5.88 Å². The van der Waals surface area contributed by atoms with Gasteiger partial charge in [-0.15, -0.1) is 11.8 Å². The van der Waals surface area contributed by atoms with Gasteiger partial charge in [-0.1, -0.05) is 0 Å². The molecule has 0 bridgehead atoms. The number of carbonyl (C=O) groups is 2. The number of nitrogens with zero attached hydrogens (tertiary/aromatic N) is 2. The predicted molar refractivity (Wildman–Crippen MR) is 55.2 cm³/mol. The van der Waals surface area contributed by atoms with Crippen molar-refractivity contribution in [1.82, 2.24) is 15.2 Å². The summed E-state index contributed by atoms with van der Waals surface area (Å²) < 4.78 is 0. The minimum Gasteiger partial charge on any atom is -0.306 e. The summed E-state index contributed by atoms with van der Waals surface area (Å²) in [5, 5.41) is 2.23. The second-order valence-corrected chi connectivity index (χ2v) is 4.03. The lowest BCUT2D eigenvalue weighted by Gasteiger charge is -2.11. The lowest BCUT2D eigenvalue weighted by Crippen LogP contribution is -2.27. The smallest absolute Gasteiger partial charge is 0.306 e. The van der Waals surface area contributed by atoms with Crippen molar-refractivity contribution in [2.75, 3.05) is 12.4 Å². The number of pyridine rings is 1. The molecule has 0 saturated carbocycles. The first-order valence-corrected chi connectivity index (χ1v) is 5.36. The average Bonchev–Trinajstić information content (AvgIpc) is 2.56. The van der Waals surface area contributed by atoms with Crippen LogP contribution in [-0.4, -0.2) is 34.2 Å². The first-order chi connectivity index (χ1) is 7.25. The normalized spacial score (nSPS) is 15.6. The molecule has 1 aliphatic rings. The summed E-state index contributed by atoms with van der Waals surface area (Å²) in [6.07, 6.45) is 3.38. The number of thioether (sulfide) groups is 1. The molecule has 1 saturated heterocycles. The number of aromatic nitrogens is 1. The summed E-state index contributed by atoms with van der Waals surface area (Å²) in [4.78, 5) is 28.4. The quantitative estimate of drug-likeness (QED) is 0.604. The Morgan fingerprint density at radius 3 is 2.73 bits per heavy atom. The van der Waals surface area contributed by atoms with Crippen molar-refractivity contribution in [1.29, 1.82) is 0 Å². The van der Waals surface area contributed by atoms with Gasteiger partial charge in [-0.05, 0) is 12.1 Å². The summed E-state index contributed by atoms with van der Waals surface area (Å²) in [6, 6.07) is 3.41. The van der Waals surface area contributed by atoms with Crippen molar-refractivity contribution in [2.24, 2.45) is 0 Å². The van der Waals surface area contributed by atoms with E-state index in [2.05, 4.69) is 10.3 Å². The molecule has 0 aliphatic carbocycles. The zero-order valence-electron chi connectivity index (χ0n) is 7.84. The van der Waals surface area contributed by atoms with Crippen molar-refractivity contribution in [3.05, 3.63) is 24.5 Å². The molecule has 1 aromatic rings. The summed E-state index contributed by atoms with van der Waals surface area (Å²) >= 11 is 1.50. The van der Waals surface area contributed by atoms with Crippen LogP contribution in [-0.2, 0) is 4.79 Å². The number of urea groups is 1. The Morgan fingerprint density at radius 1 is 1.40 bits per heavy atom. The third-order valence-corrected chi connectivity index (χ3v) is 2.95. The molecule has 5 nitrogen and oxygen atoms in total. The Labute approximate surface area is 90.9 Å². The fourth-order valence-corrected chi connectivity index (χ4v) is 2.00. The van der Waals surface area contributed by atoms with E-state index >= 15 is 0 Å². The topological polar surface area (TPSA) is 62.3 Å². The van der Waals surface area contributed by atoms with E-state index in [1.165, 1.54) is 16.7 Å². The van der Waals surface area contributed by atoms with Crippen LogP contribution >= 0.6 is 11.8 Å². The first-order valence-electron chi connectivity index (χ1n) is 4.37. The van der Waals surface area contributed by atoms with Gasteiger partial charge in [0.05, 0.1) is 5.88 Å². The van der Waals surface area contributed by atoms with Gasteiger partial charge < -0.3 is 4.90 Å². The third-order valence-electron chi connectivity index (χ3n) is 1.90. The summed E-state index contributed by atoms with van der Waals surface area (Å²) in [6.45, 7) is 0.150. The molecule has 1 N–H and O–H groups in total. The van der Waals surface area contributed by atoms with Crippen LogP contribution in [0, 0.1) is 0 Å². The summed E-state index contributed by atoms with van der Waals surface area (Å²) in [5.74, 6) is 0.233. The molecular formula is C9H9N3O2S. The maximum absolute atomic E-state index is 11.2. The highest BCUT2D eigenvalue weighted by Crippen LogP contribution is 2.18. The van der Waals surface area contributed by atoms with Gasteiger partial charge in [0.25, 0.3) is 0 Å². The molecule has 2 heterocycles. The minimum atomic E-state index is -0.318. The van der Waals surface area contributed by atoms with Gasteiger partial charge >= 0.3 is 6.03 Å². The highest BCUT2D eigenvalue weighted by atomic mass is 32.2. The van der Waals surface area contributed by atoms with Gasteiger partial charge in [-0.3, -0.25) is 15.1 Å². The molecule has 0 radical (unpaired) electrons. The van der Waals surface area contributed by atoms with Gasteiger partial charge in [0.1, 0.15) is 6.54 Å². The summed E-state index contributed by atoms with van der Waals surface area (Å²) in [7, 11) is 0. The molecule has 6 heteroatoms. The number of imide groups is 1. The van der Waals surface area contributed by atoms with Gasteiger partial charge in [-0.2, -0.15) is 0 Å². The Hall–Kier alpha value is -1.56. The number of carbonyl (C=O) groups excluding carboxylic acids is 2. The third kappa shape index (κ3) is 2.47. The molecule has 2 rings (SSSR count). The number of amides is 3. The van der Waals surface area contributed by atoms with Crippen molar-refractivity contribution in [3.8, 4) is 0 Å². The van der Waals surface area contributed by atoms with E-state index in [1.54, 1.807) is 12.4 Å². The zero-order chi connectivity index (χ0) is 10.7. The zero-order valence-corrected chi connectivity index (χ0v) is 8.66. The number of hydrogen-bond donors (Lipinski definition) is 1. The number of hydrogen-bond acceptors (Lipinski definition) is 4. The molecule has 1 aliphatic heterocycles. The average molecular weight is 223 g/mol. The maximum Gasteiger partial charge on any atom is 0.325 e. The van der Waals surface area contributed by atoms with Crippen LogP contribution in [0.3, 0.4) is 0 Å². The van der Waals surface area contributed by atoms with Crippen LogP contribution < -0.4 is 5.32 Å². The largest absolute Gasteiger partial charge is 0.325 e. The second-order valence-electron chi connectivity index (χ2n) is 3.01. The number of nitrogens with one attached hydrogen (secondary N) is 1. The van der Waals surface area contributed by atoms with E-state index in [1.807, 2.05) is 12.1 Å². The van der Waals surface area contributed by atoms with Crippen molar-refractivity contribution < 1.29 is 9.59 Å². The van der Waals surface area contributed by atoms with Crippen LogP contribution in [0.2, 0.25) is 0 Å². The van der Waals surface area contributed by atoms with E-state index in [-0.39, 0.29) is 18.5 Å². The molecule has 0 unspecified atom stereocenters. The Morgan fingerprint density at radius 2 is 2.13 bits per heavy atom. The van der Waals surface area contributed by atoms with Crippen LogP contribution in [0.4, 0.5) is 4.79 Å². The van der Waals surface area contributed by atoms with E-state index in [9.17, 15) is 9.59 Å². The Balaban J connectivity index is 1.89. The lowest BCUT2D eigenvalue weighted by atomic mass is 10.5. The van der Waals surface area contributed by atoms with Crippen molar-refractivity contribution in [2.45, 2.75) is 4.90 Å². The van der Waals surface area contributed by atoms with Gasteiger partial charge in [0.15, 0.2) is 0 Å². The molecule has 3 amide bonds. The SMILES string of the molecule is O=C1CN(CSc2ccncc2)C(=O)N1. The van der Waals surface area contributed by atoms with E-state index in [0.717, 1.165) is 4.90 Å². The molecule has 0 aromatic carbocycles. The second kappa shape index (κ2) is 4.31. The standard InChI is InChI=1S/C9H9N3O2S/c13-8-5-12(9(14)11-8)6-15-7-1-3-10-4-2-7/h1-4H,5-6H2,(H,11,13,14). The fraction of sp³-hybridized carbons (Fsp3) is 0.222. The molecule has 1 aromatic heterocycles. The Kier molecular flexibility index (Phi) is 2.86. The number of rotatable bonds is 3. The van der Waals surface area contributed by atoms with Gasteiger partial charge in [0, 0.05) is 17.3 Å². The molecule has 0 atom stereocenters. The van der Waals surface area contributed by atoms with Crippen LogP contribution in [0.5, 0.6) is 0 Å². The summed E-state index contributed by atoms with van der Waals surface area (Å²) in [5.41, 5.74) is 0. The fourth-order valence-electron chi connectivity index (χ4n) is 1.17. The van der Waals surface area contributed by atoms with Crippen molar-refractivity contribution in [3.63, 3.8) is 0 Å². The van der Waals surface area contributed by atoms with Gasteiger partial charge in [0.2, 0.25) is 5.91 Å². The van der Waals surface area contributed by atoms with Crippen LogP contribution in [0.1, 0.15) is 0 Å². The highest BCUT2D eigenvalue weighted by molar-refractivity contribution is 7.99. The lowest BCUT2D eigenvalue weighted by molar-refractivity contribution is -0.118. The molecule has 78 valence electrons. The molecule has 1 fully saturated rings. The van der Waals surface area contributed by atoms with E-state index < -0.39 is 0 Å². The minimum absolute atomic E-state index is 0.150. The van der Waals surface area contributed by atoms with Crippen LogP contribution in [0.25, 0.3) is 0 Å². The van der Waals surface area contributed by atoms with Gasteiger partial charge in [-0.25, -0.2) is 4.79 Å². The van der Waals surface area contributed by atoms with Crippen molar-refractivity contribution >= 4 is 23.7 Å². The Bertz CT molecular complexity index is 382. The highest BCUT2D eigenvalue weighted by Gasteiger charge is 2.26.